The van der Waals surface area contributed by atoms with Crippen molar-refractivity contribution >= 4 is 35.0 Å². The number of amides is 3. The van der Waals surface area contributed by atoms with Crippen LogP contribution in [0.2, 0.25) is 5.02 Å². The number of anilines is 1. The van der Waals surface area contributed by atoms with Crippen LogP contribution in [0.25, 0.3) is 0 Å². The molecule has 6 atom stereocenters. The minimum absolute atomic E-state index is 0.0393. The van der Waals surface area contributed by atoms with E-state index in [1.165, 1.54) is 0 Å². The van der Waals surface area contributed by atoms with Crippen molar-refractivity contribution in [1.82, 2.24) is 4.90 Å². The quantitative estimate of drug-likeness (QED) is 0.597. The fourth-order valence-corrected chi connectivity index (χ4v) is 5.47. The third-order valence-electron chi connectivity index (χ3n) is 6.62. The molecule has 4 aliphatic carbocycles. The van der Waals surface area contributed by atoms with Gasteiger partial charge in [0.1, 0.15) is 6.54 Å². The van der Waals surface area contributed by atoms with Crippen molar-refractivity contribution in [2.45, 2.75) is 12.6 Å². The summed E-state index contributed by atoms with van der Waals surface area (Å²) in [7, 11) is 0. The molecule has 5 aliphatic rings. The lowest BCUT2D eigenvalue weighted by Crippen LogP contribution is -2.40. The summed E-state index contributed by atoms with van der Waals surface area (Å²) in [5, 5.41) is 2.23. The van der Waals surface area contributed by atoms with Gasteiger partial charge in [-0.15, -0.1) is 0 Å². The van der Waals surface area contributed by atoms with Crippen molar-refractivity contribution in [1.29, 1.82) is 0 Å². The minimum atomic E-state index is -4.59. The van der Waals surface area contributed by atoms with E-state index in [9.17, 15) is 27.6 Å². The van der Waals surface area contributed by atoms with Crippen molar-refractivity contribution in [3.05, 3.63) is 40.9 Å². The second-order valence-corrected chi connectivity index (χ2v) is 8.56. The van der Waals surface area contributed by atoms with E-state index in [2.05, 4.69) is 5.32 Å². The van der Waals surface area contributed by atoms with Crippen molar-refractivity contribution in [3.8, 4) is 0 Å². The average Bonchev–Trinajstić information content (AvgIpc) is 3.44. The molecule has 1 aliphatic heterocycles. The molecule has 2 bridgehead atoms. The summed E-state index contributed by atoms with van der Waals surface area (Å²) in [4.78, 5) is 39.1. The summed E-state index contributed by atoms with van der Waals surface area (Å²) >= 11 is 5.89. The van der Waals surface area contributed by atoms with Gasteiger partial charge in [0, 0.05) is 0 Å². The zero-order valence-corrected chi connectivity index (χ0v) is 15.7. The molecule has 0 spiro atoms. The Morgan fingerprint density at radius 3 is 2.24 bits per heavy atom. The molecule has 5 nitrogen and oxygen atoms in total. The predicted octanol–water partition coefficient (Wildman–Crippen LogP) is 3.35. The summed E-state index contributed by atoms with van der Waals surface area (Å²) < 4.78 is 38.7. The lowest BCUT2D eigenvalue weighted by molar-refractivity contribution is -0.143. The van der Waals surface area contributed by atoms with Crippen molar-refractivity contribution in [2.24, 2.45) is 35.5 Å². The standard InChI is InChI=1S/C20H16ClF3N2O3/c21-13-4-1-8(20(22,23)24)5-14(13)25-15(27)7-26-18(28)16-9-2-3-10(12-6-11(9)12)17(16)19(26)29/h1-5,9-12,16-17H,6-7H2,(H,25,27)/t9-,10-,11-,12-,16+,17+/m1/s1. The van der Waals surface area contributed by atoms with E-state index in [1.807, 2.05) is 12.2 Å². The topological polar surface area (TPSA) is 66.5 Å². The largest absolute Gasteiger partial charge is 0.416 e. The number of carbonyl (C=O) groups excluding carboxylic acids is 3. The van der Waals surface area contributed by atoms with Gasteiger partial charge in [-0.3, -0.25) is 19.3 Å². The van der Waals surface area contributed by atoms with Crippen molar-refractivity contribution in [3.63, 3.8) is 0 Å². The number of likely N-dealkylation sites (tertiary alicyclic amines) is 1. The highest BCUT2D eigenvalue weighted by Crippen LogP contribution is 2.65. The molecule has 2 saturated carbocycles. The number of halogens is 4. The molecule has 1 heterocycles. The number of hydrogen-bond donors (Lipinski definition) is 1. The van der Waals surface area contributed by atoms with E-state index < -0.39 is 36.0 Å². The number of imide groups is 1. The predicted molar refractivity (Wildman–Crippen MR) is 96.5 cm³/mol. The molecule has 1 aromatic rings. The molecule has 1 saturated heterocycles. The second kappa shape index (κ2) is 6.08. The summed E-state index contributed by atoms with van der Waals surface area (Å²) in [5.41, 5.74) is -1.18. The molecule has 152 valence electrons. The van der Waals surface area contributed by atoms with E-state index in [0.717, 1.165) is 29.5 Å². The molecule has 1 aromatic carbocycles. The maximum absolute atomic E-state index is 12.9. The Labute approximate surface area is 168 Å². The number of hydrogen-bond acceptors (Lipinski definition) is 3. The third kappa shape index (κ3) is 2.79. The Bertz CT molecular complexity index is 940. The van der Waals surface area contributed by atoms with Gasteiger partial charge in [-0.05, 0) is 48.3 Å². The molecule has 1 N–H and O–H groups in total. The first-order valence-corrected chi connectivity index (χ1v) is 9.75. The average molecular weight is 425 g/mol. The fourth-order valence-electron chi connectivity index (χ4n) is 5.31. The first kappa shape index (κ1) is 18.7. The van der Waals surface area contributed by atoms with Crippen LogP contribution in [0.4, 0.5) is 18.9 Å². The lowest BCUT2D eigenvalue weighted by atomic mass is 9.63. The molecule has 0 radical (unpaired) electrons. The van der Waals surface area contributed by atoms with Crippen LogP contribution >= 0.6 is 11.6 Å². The van der Waals surface area contributed by atoms with Gasteiger partial charge in [-0.25, -0.2) is 0 Å². The Morgan fingerprint density at radius 2 is 1.69 bits per heavy atom. The Morgan fingerprint density at radius 1 is 1.10 bits per heavy atom. The molecule has 0 unspecified atom stereocenters. The van der Waals surface area contributed by atoms with E-state index in [-0.39, 0.29) is 34.4 Å². The number of rotatable bonds is 3. The van der Waals surface area contributed by atoms with Gasteiger partial charge >= 0.3 is 6.18 Å². The highest BCUT2D eigenvalue weighted by molar-refractivity contribution is 6.33. The summed E-state index contributed by atoms with van der Waals surface area (Å²) in [6.45, 7) is -0.536. The highest BCUT2D eigenvalue weighted by Gasteiger charge is 2.67. The van der Waals surface area contributed by atoms with Gasteiger partial charge in [0.25, 0.3) is 0 Å². The first-order valence-electron chi connectivity index (χ1n) is 9.37. The maximum Gasteiger partial charge on any atom is 0.416 e. The lowest BCUT2D eigenvalue weighted by Gasteiger charge is -2.37. The molecule has 6 rings (SSSR count). The van der Waals surface area contributed by atoms with Crippen molar-refractivity contribution in [2.75, 3.05) is 11.9 Å². The number of nitrogens with one attached hydrogen (secondary N) is 1. The Hall–Kier alpha value is -2.35. The Balaban J connectivity index is 1.32. The molecule has 3 amide bonds. The molecule has 9 heteroatoms. The van der Waals surface area contributed by atoms with Crippen LogP contribution in [-0.2, 0) is 20.6 Å². The van der Waals surface area contributed by atoms with E-state index in [4.69, 9.17) is 11.6 Å². The van der Waals surface area contributed by atoms with E-state index in [0.29, 0.717) is 11.8 Å². The molecular formula is C20H16ClF3N2O3. The monoisotopic (exact) mass is 424 g/mol. The van der Waals surface area contributed by atoms with Gasteiger partial charge < -0.3 is 5.32 Å². The van der Waals surface area contributed by atoms with Crippen LogP contribution in [0, 0.1) is 35.5 Å². The minimum Gasteiger partial charge on any atom is -0.323 e. The zero-order chi connectivity index (χ0) is 20.7. The summed E-state index contributed by atoms with van der Waals surface area (Å²) in [6, 6.07) is 2.58. The maximum atomic E-state index is 12.9. The van der Waals surface area contributed by atoms with Crippen LogP contribution in [-0.4, -0.2) is 29.2 Å². The summed E-state index contributed by atoms with van der Waals surface area (Å²) in [5.74, 6) is -1.38. The third-order valence-corrected chi connectivity index (χ3v) is 6.95. The van der Waals surface area contributed by atoms with Gasteiger partial charge in [-0.1, -0.05) is 23.8 Å². The number of nitrogens with zero attached hydrogens (tertiary/aromatic N) is 1. The number of carbonyl (C=O) groups is 3. The van der Waals surface area contributed by atoms with Gasteiger partial charge in [0.2, 0.25) is 17.7 Å². The number of alkyl halides is 3. The SMILES string of the molecule is O=C(CN1C(=O)[C@H]2[C@@H]3C=C[C@H]([C@H]4C[C@H]34)[C@@H]2C1=O)Nc1cc(C(F)(F)F)ccc1Cl. The summed E-state index contributed by atoms with van der Waals surface area (Å²) in [6.07, 6.45) is 0.493. The van der Waals surface area contributed by atoms with Crippen LogP contribution in [0.3, 0.4) is 0 Å². The highest BCUT2D eigenvalue weighted by atomic mass is 35.5. The van der Waals surface area contributed by atoms with Crippen LogP contribution in [0.15, 0.2) is 30.4 Å². The smallest absolute Gasteiger partial charge is 0.323 e. The van der Waals surface area contributed by atoms with Crippen LogP contribution < -0.4 is 5.32 Å². The number of benzene rings is 1. The second-order valence-electron chi connectivity index (χ2n) is 8.16. The number of allylic oxidation sites excluding steroid dienone is 2. The normalized spacial score (nSPS) is 34.3. The molecule has 0 aromatic heterocycles. The molecule has 29 heavy (non-hydrogen) atoms. The van der Waals surface area contributed by atoms with Gasteiger partial charge in [0.15, 0.2) is 0 Å². The van der Waals surface area contributed by atoms with Crippen LogP contribution in [0.5, 0.6) is 0 Å². The fraction of sp³-hybridized carbons (Fsp3) is 0.450. The van der Waals surface area contributed by atoms with E-state index >= 15 is 0 Å². The van der Waals surface area contributed by atoms with Crippen LogP contribution in [0.1, 0.15) is 12.0 Å². The molecule has 3 fully saturated rings. The zero-order valence-electron chi connectivity index (χ0n) is 14.9. The van der Waals surface area contributed by atoms with E-state index in [1.54, 1.807) is 0 Å². The Kier molecular flexibility index (Phi) is 3.91. The van der Waals surface area contributed by atoms with Gasteiger partial charge in [-0.2, -0.15) is 13.2 Å². The van der Waals surface area contributed by atoms with Crippen molar-refractivity contribution < 1.29 is 27.6 Å². The first-order chi connectivity index (χ1) is 13.7. The molecular weight excluding hydrogens is 409 g/mol. The van der Waals surface area contributed by atoms with Gasteiger partial charge in [0.05, 0.1) is 28.1 Å².